The minimum Gasteiger partial charge on any atom is -0.376 e. The summed E-state index contributed by atoms with van der Waals surface area (Å²) in [4.78, 5) is 9.59. The van der Waals surface area contributed by atoms with E-state index in [9.17, 15) is 0 Å². The fourth-order valence-electron chi connectivity index (χ4n) is 2.84. The van der Waals surface area contributed by atoms with Gasteiger partial charge >= 0.3 is 0 Å². The second-order valence-electron chi connectivity index (χ2n) is 5.46. The van der Waals surface area contributed by atoms with Crippen molar-refractivity contribution in [1.29, 1.82) is 0 Å². The predicted molar refractivity (Wildman–Crippen MR) is 83.3 cm³/mol. The molecular weight excluding hydrogens is 270 g/mol. The highest BCUT2D eigenvalue weighted by Crippen LogP contribution is 2.26. The Balaban J connectivity index is 1.49. The summed E-state index contributed by atoms with van der Waals surface area (Å²) in [7, 11) is 0. The van der Waals surface area contributed by atoms with Crippen LogP contribution in [-0.4, -0.2) is 29.2 Å². The van der Waals surface area contributed by atoms with Gasteiger partial charge in [-0.1, -0.05) is 19.8 Å². The highest BCUT2D eigenvalue weighted by molar-refractivity contribution is 7.16. The van der Waals surface area contributed by atoms with Crippen molar-refractivity contribution in [2.24, 2.45) is 5.92 Å². The molecule has 2 aromatic rings. The summed E-state index contributed by atoms with van der Waals surface area (Å²) in [5, 5.41) is 6.51. The average Bonchev–Trinajstić information content (AvgIpc) is 2.94. The highest BCUT2D eigenvalue weighted by atomic mass is 32.1. The molecule has 0 aliphatic heterocycles. The zero-order valence-electron chi connectivity index (χ0n) is 11.8. The molecule has 0 radical (unpaired) electrons. The smallest absolute Gasteiger partial charge is 0.138 e. The molecule has 1 aliphatic rings. The summed E-state index contributed by atoms with van der Waals surface area (Å²) in [6.07, 6.45) is 7.24. The maximum atomic E-state index is 6.01. The Bertz CT molecular complexity index is 557. The maximum Gasteiger partial charge on any atom is 0.138 e. The van der Waals surface area contributed by atoms with E-state index in [0.29, 0.717) is 12.0 Å². The van der Waals surface area contributed by atoms with Gasteiger partial charge in [-0.15, -0.1) is 11.3 Å². The monoisotopic (exact) mass is 291 g/mol. The fraction of sp³-hybridized carbons (Fsp3) is 0.600. The third kappa shape index (κ3) is 3.10. The third-order valence-corrected chi connectivity index (χ3v) is 4.84. The third-order valence-electron chi connectivity index (χ3n) is 4.02. The number of thiophene rings is 1. The normalized spacial score (nSPS) is 23.1. The molecule has 1 saturated carbocycles. The second kappa shape index (κ2) is 6.50. The SMILES string of the molecule is C[C@H]1CCCC[C@@H]1OCCNc1ncnc2sccc12. The number of aromatic nitrogens is 2. The molecule has 0 spiro atoms. The molecule has 5 heteroatoms. The van der Waals surface area contributed by atoms with Gasteiger partial charge in [-0.05, 0) is 30.2 Å². The minimum atomic E-state index is 0.442. The summed E-state index contributed by atoms with van der Waals surface area (Å²) in [5.41, 5.74) is 0. The Kier molecular flexibility index (Phi) is 4.47. The maximum absolute atomic E-state index is 6.01. The van der Waals surface area contributed by atoms with Crippen LogP contribution < -0.4 is 5.32 Å². The van der Waals surface area contributed by atoms with Crippen LogP contribution in [0.5, 0.6) is 0 Å². The number of hydrogen-bond donors (Lipinski definition) is 1. The van der Waals surface area contributed by atoms with Crippen LogP contribution in [0.4, 0.5) is 5.82 Å². The molecule has 4 nitrogen and oxygen atoms in total. The van der Waals surface area contributed by atoms with Crippen LogP contribution in [0.1, 0.15) is 32.6 Å². The van der Waals surface area contributed by atoms with E-state index in [0.717, 1.165) is 29.2 Å². The molecule has 0 aromatic carbocycles. The lowest BCUT2D eigenvalue weighted by Gasteiger charge is -2.28. The number of rotatable bonds is 5. The van der Waals surface area contributed by atoms with Crippen LogP contribution in [0.3, 0.4) is 0 Å². The van der Waals surface area contributed by atoms with E-state index in [4.69, 9.17) is 4.74 Å². The number of hydrogen-bond acceptors (Lipinski definition) is 5. The zero-order valence-corrected chi connectivity index (χ0v) is 12.7. The van der Waals surface area contributed by atoms with E-state index in [-0.39, 0.29) is 0 Å². The van der Waals surface area contributed by atoms with Gasteiger partial charge < -0.3 is 10.1 Å². The molecule has 2 aromatic heterocycles. The second-order valence-corrected chi connectivity index (χ2v) is 6.35. The van der Waals surface area contributed by atoms with Crippen LogP contribution in [0, 0.1) is 5.92 Å². The van der Waals surface area contributed by atoms with Crippen molar-refractivity contribution in [2.45, 2.75) is 38.7 Å². The lowest BCUT2D eigenvalue weighted by Crippen LogP contribution is -2.27. The standard InChI is InChI=1S/C15H21N3OS/c1-11-4-2-3-5-13(11)19-8-7-16-14-12-6-9-20-15(12)18-10-17-14/h6,9-11,13H,2-5,7-8H2,1H3,(H,16,17,18)/t11-,13-/m0/s1. The Hall–Kier alpha value is -1.20. The summed E-state index contributed by atoms with van der Waals surface area (Å²) in [5.74, 6) is 1.61. The van der Waals surface area contributed by atoms with Gasteiger partial charge in [0.05, 0.1) is 18.1 Å². The highest BCUT2D eigenvalue weighted by Gasteiger charge is 2.21. The first-order chi connectivity index (χ1) is 9.84. The van der Waals surface area contributed by atoms with E-state index in [1.807, 2.05) is 5.38 Å². The first kappa shape index (κ1) is 13.8. The predicted octanol–water partition coefficient (Wildman–Crippen LogP) is 3.70. The molecule has 1 aliphatic carbocycles. The summed E-state index contributed by atoms with van der Waals surface area (Å²) in [6, 6.07) is 2.06. The quantitative estimate of drug-likeness (QED) is 0.853. The molecule has 0 bridgehead atoms. The Labute approximate surface area is 123 Å². The Morgan fingerprint density at radius 2 is 2.25 bits per heavy atom. The first-order valence-electron chi connectivity index (χ1n) is 7.38. The number of fused-ring (bicyclic) bond motifs is 1. The molecular formula is C15H21N3OS. The van der Waals surface area contributed by atoms with Crippen molar-refractivity contribution in [3.8, 4) is 0 Å². The van der Waals surface area contributed by atoms with Gasteiger partial charge in [-0.2, -0.15) is 0 Å². The summed E-state index contributed by atoms with van der Waals surface area (Å²) < 4.78 is 6.01. The van der Waals surface area contributed by atoms with Crippen LogP contribution in [0.2, 0.25) is 0 Å². The van der Waals surface area contributed by atoms with Crippen LogP contribution in [-0.2, 0) is 4.74 Å². The largest absolute Gasteiger partial charge is 0.376 e. The lowest BCUT2D eigenvalue weighted by molar-refractivity contribution is 0.000380. The number of anilines is 1. The molecule has 1 N–H and O–H groups in total. The molecule has 2 atom stereocenters. The summed E-state index contributed by atoms with van der Waals surface area (Å²) in [6.45, 7) is 3.84. The van der Waals surface area contributed by atoms with Crippen molar-refractivity contribution in [3.05, 3.63) is 17.8 Å². The van der Waals surface area contributed by atoms with Crippen molar-refractivity contribution in [2.75, 3.05) is 18.5 Å². The van der Waals surface area contributed by atoms with Crippen LogP contribution in [0.15, 0.2) is 17.8 Å². The van der Waals surface area contributed by atoms with Gasteiger partial charge in [0.15, 0.2) is 0 Å². The topological polar surface area (TPSA) is 47.0 Å². The van der Waals surface area contributed by atoms with Crippen LogP contribution >= 0.6 is 11.3 Å². The van der Waals surface area contributed by atoms with Gasteiger partial charge in [0.25, 0.3) is 0 Å². The number of ether oxygens (including phenoxy) is 1. The molecule has 108 valence electrons. The number of nitrogens with one attached hydrogen (secondary N) is 1. The van der Waals surface area contributed by atoms with E-state index in [2.05, 4.69) is 28.3 Å². The molecule has 0 unspecified atom stereocenters. The summed E-state index contributed by atoms with van der Waals surface area (Å²) >= 11 is 1.64. The molecule has 2 heterocycles. The van der Waals surface area contributed by atoms with E-state index in [1.54, 1.807) is 17.7 Å². The zero-order chi connectivity index (χ0) is 13.8. The molecule has 0 amide bonds. The van der Waals surface area contributed by atoms with Crippen LogP contribution in [0.25, 0.3) is 10.2 Å². The van der Waals surface area contributed by atoms with Crippen molar-refractivity contribution < 1.29 is 4.74 Å². The first-order valence-corrected chi connectivity index (χ1v) is 8.26. The number of nitrogens with zero attached hydrogens (tertiary/aromatic N) is 2. The van der Waals surface area contributed by atoms with E-state index >= 15 is 0 Å². The molecule has 20 heavy (non-hydrogen) atoms. The fourth-order valence-corrected chi connectivity index (χ4v) is 3.57. The molecule has 0 saturated heterocycles. The van der Waals surface area contributed by atoms with Crippen molar-refractivity contribution in [3.63, 3.8) is 0 Å². The van der Waals surface area contributed by atoms with Crippen molar-refractivity contribution in [1.82, 2.24) is 9.97 Å². The van der Waals surface area contributed by atoms with E-state index < -0.39 is 0 Å². The van der Waals surface area contributed by atoms with Crippen molar-refractivity contribution >= 4 is 27.4 Å². The minimum absolute atomic E-state index is 0.442. The van der Waals surface area contributed by atoms with Gasteiger partial charge in [0.2, 0.25) is 0 Å². The van der Waals surface area contributed by atoms with Gasteiger partial charge in [-0.25, -0.2) is 9.97 Å². The Morgan fingerprint density at radius 1 is 1.35 bits per heavy atom. The molecule has 1 fully saturated rings. The lowest BCUT2D eigenvalue weighted by atomic mass is 9.88. The molecule has 3 rings (SSSR count). The van der Waals surface area contributed by atoms with Gasteiger partial charge in [-0.3, -0.25) is 0 Å². The van der Waals surface area contributed by atoms with E-state index in [1.165, 1.54) is 25.7 Å². The van der Waals surface area contributed by atoms with Gasteiger partial charge in [0, 0.05) is 6.54 Å². The average molecular weight is 291 g/mol. The Morgan fingerprint density at radius 3 is 3.15 bits per heavy atom. The van der Waals surface area contributed by atoms with Gasteiger partial charge in [0.1, 0.15) is 17.0 Å².